The number of hydrogen-bond acceptors (Lipinski definition) is 2. The Bertz CT molecular complexity index is 409. The monoisotopic (exact) mass is 201 g/mol. The molecule has 1 N–H and O–H groups in total. The van der Waals surface area contributed by atoms with Crippen molar-refractivity contribution >= 4 is 5.57 Å². The molecule has 2 nitrogen and oxygen atoms in total. The van der Waals surface area contributed by atoms with Crippen molar-refractivity contribution in [3.05, 3.63) is 35.4 Å². The fourth-order valence-corrected chi connectivity index (χ4v) is 2.34. The molecule has 0 unspecified atom stereocenters. The maximum Gasteiger partial charge on any atom is 0.130 e. The quantitative estimate of drug-likeness (QED) is 0.750. The van der Waals surface area contributed by atoms with E-state index < -0.39 is 0 Å². The van der Waals surface area contributed by atoms with Gasteiger partial charge in [-0.05, 0) is 24.1 Å². The fourth-order valence-electron chi connectivity index (χ4n) is 2.34. The highest BCUT2D eigenvalue weighted by Crippen LogP contribution is 2.35. The van der Waals surface area contributed by atoms with Crippen molar-refractivity contribution in [3.8, 4) is 5.75 Å². The lowest BCUT2D eigenvalue weighted by Gasteiger charge is -2.16. The molecule has 2 aliphatic rings. The van der Waals surface area contributed by atoms with Crippen LogP contribution in [0, 0.1) is 0 Å². The van der Waals surface area contributed by atoms with Crippen molar-refractivity contribution in [2.75, 3.05) is 19.7 Å². The Morgan fingerprint density at radius 3 is 3.07 bits per heavy atom. The van der Waals surface area contributed by atoms with Gasteiger partial charge in [-0.1, -0.05) is 24.3 Å². The standard InChI is InChI=1S/C13H15NO/c1-2-11-6-9-15-13(11)12(3-1)10-4-7-14-8-5-10/h1-4,14H,5-9H2. The van der Waals surface area contributed by atoms with E-state index >= 15 is 0 Å². The third-order valence-corrected chi connectivity index (χ3v) is 3.12. The number of rotatable bonds is 1. The summed E-state index contributed by atoms with van der Waals surface area (Å²) in [6.45, 7) is 2.91. The Hall–Kier alpha value is -1.28. The molecule has 2 heterocycles. The molecule has 3 rings (SSSR count). The maximum absolute atomic E-state index is 5.72. The van der Waals surface area contributed by atoms with Crippen LogP contribution >= 0.6 is 0 Å². The average molecular weight is 201 g/mol. The van der Waals surface area contributed by atoms with E-state index in [1.54, 1.807) is 0 Å². The van der Waals surface area contributed by atoms with E-state index in [1.165, 1.54) is 16.7 Å². The molecule has 0 aliphatic carbocycles. The number of para-hydroxylation sites is 1. The van der Waals surface area contributed by atoms with Crippen LogP contribution in [0.1, 0.15) is 17.5 Å². The van der Waals surface area contributed by atoms with Crippen molar-refractivity contribution in [3.63, 3.8) is 0 Å². The topological polar surface area (TPSA) is 21.3 Å². The first-order chi connectivity index (χ1) is 7.45. The van der Waals surface area contributed by atoms with Crippen LogP contribution in [0.4, 0.5) is 0 Å². The van der Waals surface area contributed by atoms with Crippen molar-refractivity contribution in [1.82, 2.24) is 5.32 Å². The summed E-state index contributed by atoms with van der Waals surface area (Å²) in [5.74, 6) is 1.13. The molecule has 0 radical (unpaired) electrons. The number of hydrogen-bond donors (Lipinski definition) is 1. The van der Waals surface area contributed by atoms with Gasteiger partial charge in [0.05, 0.1) is 6.61 Å². The summed E-state index contributed by atoms with van der Waals surface area (Å²) in [6.07, 6.45) is 4.45. The Morgan fingerprint density at radius 2 is 2.20 bits per heavy atom. The molecule has 0 fully saturated rings. The minimum atomic E-state index is 0.845. The molecule has 0 amide bonds. The van der Waals surface area contributed by atoms with Crippen LogP contribution in [-0.2, 0) is 6.42 Å². The van der Waals surface area contributed by atoms with E-state index in [1.807, 2.05) is 0 Å². The van der Waals surface area contributed by atoms with Gasteiger partial charge in [0, 0.05) is 18.5 Å². The summed E-state index contributed by atoms with van der Waals surface area (Å²) in [6, 6.07) is 6.50. The smallest absolute Gasteiger partial charge is 0.130 e. The Balaban J connectivity index is 2.04. The summed E-state index contributed by atoms with van der Waals surface area (Å²) < 4.78 is 5.72. The lowest BCUT2D eigenvalue weighted by molar-refractivity contribution is 0.355. The highest BCUT2D eigenvalue weighted by atomic mass is 16.5. The summed E-state index contributed by atoms with van der Waals surface area (Å²) >= 11 is 0. The van der Waals surface area contributed by atoms with Gasteiger partial charge in [-0.25, -0.2) is 0 Å². The normalized spacial score (nSPS) is 19.3. The van der Waals surface area contributed by atoms with Gasteiger partial charge in [0.15, 0.2) is 0 Å². The van der Waals surface area contributed by atoms with Crippen LogP contribution in [0.5, 0.6) is 5.75 Å². The van der Waals surface area contributed by atoms with Crippen molar-refractivity contribution < 1.29 is 4.74 Å². The molecule has 0 aromatic heterocycles. The molecule has 2 heteroatoms. The van der Waals surface area contributed by atoms with Gasteiger partial charge in [0.25, 0.3) is 0 Å². The fraction of sp³-hybridized carbons (Fsp3) is 0.385. The summed E-state index contributed by atoms with van der Waals surface area (Å²) in [4.78, 5) is 0. The second kappa shape index (κ2) is 3.70. The number of benzene rings is 1. The predicted octanol–water partition coefficient (Wildman–Crippen LogP) is 2.00. The number of ether oxygens (including phenoxy) is 1. The van der Waals surface area contributed by atoms with Gasteiger partial charge < -0.3 is 10.1 Å². The zero-order valence-electron chi connectivity index (χ0n) is 8.75. The van der Waals surface area contributed by atoms with E-state index in [0.29, 0.717) is 0 Å². The molecular formula is C13H15NO. The molecule has 1 aromatic carbocycles. The maximum atomic E-state index is 5.72. The summed E-state index contributed by atoms with van der Waals surface area (Å²) in [5, 5.41) is 3.33. The first-order valence-corrected chi connectivity index (χ1v) is 5.60. The molecule has 0 atom stereocenters. The van der Waals surface area contributed by atoms with Gasteiger partial charge in [0.1, 0.15) is 5.75 Å². The zero-order chi connectivity index (χ0) is 10.1. The average Bonchev–Trinajstić information content (AvgIpc) is 2.78. The van der Waals surface area contributed by atoms with Crippen LogP contribution in [-0.4, -0.2) is 19.7 Å². The van der Waals surface area contributed by atoms with Gasteiger partial charge in [-0.15, -0.1) is 0 Å². The van der Waals surface area contributed by atoms with E-state index in [-0.39, 0.29) is 0 Å². The Morgan fingerprint density at radius 1 is 1.20 bits per heavy atom. The minimum absolute atomic E-state index is 0.845. The second-order valence-electron chi connectivity index (χ2n) is 4.08. The van der Waals surface area contributed by atoms with E-state index in [2.05, 4.69) is 29.6 Å². The molecule has 2 aliphatic heterocycles. The first kappa shape index (κ1) is 8.98. The molecule has 0 bridgehead atoms. The molecule has 15 heavy (non-hydrogen) atoms. The van der Waals surface area contributed by atoms with Crippen molar-refractivity contribution in [2.24, 2.45) is 0 Å². The number of nitrogens with one attached hydrogen (secondary N) is 1. The highest BCUT2D eigenvalue weighted by Gasteiger charge is 2.18. The summed E-state index contributed by atoms with van der Waals surface area (Å²) in [7, 11) is 0. The van der Waals surface area contributed by atoms with Crippen molar-refractivity contribution in [2.45, 2.75) is 12.8 Å². The van der Waals surface area contributed by atoms with Gasteiger partial charge in [-0.3, -0.25) is 0 Å². The second-order valence-corrected chi connectivity index (χ2v) is 4.08. The Labute approximate surface area is 89.9 Å². The van der Waals surface area contributed by atoms with Crippen molar-refractivity contribution in [1.29, 1.82) is 0 Å². The van der Waals surface area contributed by atoms with Crippen LogP contribution < -0.4 is 10.1 Å². The van der Waals surface area contributed by atoms with E-state index in [9.17, 15) is 0 Å². The van der Waals surface area contributed by atoms with Gasteiger partial charge in [-0.2, -0.15) is 0 Å². The lowest BCUT2D eigenvalue weighted by atomic mass is 9.97. The number of fused-ring (bicyclic) bond motifs is 1. The third kappa shape index (κ3) is 1.55. The predicted molar refractivity (Wildman–Crippen MR) is 61.1 cm³/mol. The van der Waals surface area contributed by atoms with Crippen LogP contribution in [0.25, 0.3) is 5.57 Å². The molecule has 1 aromatic rings. The van der Waals surface area contributed by atoms with Gasteiger partial charge >= 0.3 is 0 Å². The minimum Gasteiger partial charge on any atom is -0.492 e. The van der Waals surface area contributed by atoms with Crippen LogP contribution in [0.2, 0.25) is 0 Å². The largest absolute Gasteiger partial charge is 0.492 e. The lowest BCUT2D eigenvalue weighted by Crippen LogP contribution is -2.20. The molecule has 0 saturated carbocycles. The SMILES string of the molecule is C1=C(c2cccc3c2OCC3)CCNC1. The van der Waals surface area contributed by atoms with Gasteiger partial charge in [0.2, 0.25) is 0 Å². The summed E-state index contributed by atoms with van der Waals surface area (Å²) in [5.41, 5.74) is 4.12. The first-order valence-electron chi connectivity index (χ1n) is 5.60. The van der Waals surface area contributed by atoms with E-state index in [4.69, 9.17) is 4.74 Å². The molecular weight excluding hydrogens is 186 g/mol. The molecule has 0 saturated heterocycles. The molecule has 0 spiro atoms. The Kier molecular flexibility index (Phi) is 2.22. The van der Waals surface area contributed by atoms with Crippen LogP contribution in [0.15, 0.2) is 24.3 Å². The van der Waals surface area contributed by atoms with E-state index in [0.717, 1.165) is 38.3 Å². The van der Waals surface area contributed by atoms with Crippen LogP contribution in [0.3, 0.4) is 0 Å². The molecule has 78 valence electrons. The highest BCUT2D eigenvalue weighted by molar-refractivity contribution is 5.73. The zero-order valence-corrected chi connectivity index (χ0v) is 8.75. The third-order valence-electron chi connectivity index (χ3n) is 3.12.